The Morgan fingerprint density at radius 2 is 1.36 bits per heavy atom. The minimum Gasteiger partial charge on any atom is -0.303 e. The van der Waals surface area contributed by atoms with E-state index in [0.717, 1.165) is 12.6 Å². The number of aldehydes is 2. The Labute approximate surface area is 142 Å². The third kappa shape index (κ3) is 2.22. The molecule has 0 fully saturated rings. The van der Waals surface area contributed by atoms with Crippen LogP contribution in [0.25, 0.3) is 22.1 Å². The molecule has 4 aromatic rings. The highest BCUT2D eigenvalue weighted by atomic mass is 16.1. The minimum atomic E-state index is -1.33. The number of hydrogen-bond donors (Lipinski definition) is 0. The maximum atomic E-state index is 12.3. The van der Waals surface area contributed by atoms with Crippen molar-refractivity contribution in [3.8, 4) is 0 Å². The van der Waals surface area contributed by atoms with Gasteiger partial charge in [0.1, 0.15) is 17.3 Å². The molecule has 0 aliphatic carbocycles. The lowest BCUT2D eigenvalue weighted by Gasteiger charge is -2.28. The van der Waals surface area contributed by atoms with Crippen LogP contribution >= 0.6 is 0 Å². The number of benzene rings is 2. The lowest BCUT2D eigenvalue weighted by molar-refractivity contribution is -0.118. The van der Waals surface area contributed by atoms with Crippen molar-refractivity contribution in [2.24, 2.45) is 0 Å². The normalized spacial score (nSPS) is 11.8. The molecule has 0 N–H and O–H groups in total. The molecule has 0 bridgehead atoms. The zero-order valence-corrected chi connectivity index (χ0v) is 13.2. The molecule has 2 heterocycles. The van der Waals surface area contributed by atoms with E-state index in [4.69, 9.17) is 0 Å². The number of carbonyl (C=O) groups excluding carboxylic acids is 2. The quantitative estimate of drug-likeness (QED) is 0.497. The molecule has 0 aliphatic rings. The van der Waals surface area contributed by atoms with Crippen LogP contribution in [0.5, 0.6) is 0 Å². The molecule has 4 rings (SSSR count). The van der Waals surface area contributed by atoms with Crippen LogP contribution in [0.3, 0.4) is 0 Å². The molecule has 124 valence electrons. The van der Waals surface area contributed by atoms with E-state index >= 15 is 0 Å². The molecular formula is C17H14N6O2. The van der Waals surface area contributed by atoms with E-state index in [-0.39, 0.29) is 12.8 Å². The Balaban J connectivity index is 2.03. The van der Waals surface area contributed by atoms with Crippen molar-refractivity contribution in [2.75, 3.05) is 0 Å². The summed E-state index contributed by atoms with van der Waals surface area (Å²) in [4.78, 5) is 23.4. The van der Waals surface area contributed by atoms with Gasteiger partial charge < -0.3 is 4.79 Å². The Bertz CT molecular complexity index is 993. The third-order valence-corrected chi connectivity index (χ3v) is 4.26. The van der Waals surface area contributed by atoms with Crippen molar-refractivity contribution in [3.05, 3.63) is 48.5 Å². The molecular weight excluding hydrogens is 320 g/mol. The fourth-order valence-corrected chi connectivity index (χ4v) is 3.04. The van der Waals surface area contributed by atoms with Crippen molar-refractivity contribution in [1.29, 1.82) is 0 Å². The van der Waals surface area contributed by atoms with Gasteiger partial charge in [0, 0.05) is 12.8 Å². The first-order chi connectivity index (χ1) is 12.3. The zero-order chi connectivity index (χ0) is 17.3. The van der Waals surface area contributed by atoms with Crippen LogP contribution in [-0.2, 0) is 15.3 Å². The van der Waals surface area contributed by atoms with Gasteiger partial charge in [0.05, 0.1) is 11.0 Å². The monoisotopic (exact) mass is 334 g/mol. The zero-order valence-electron chi connectivity index (χ0n) is 13.2. The van der Waals surface area contributed by atoms with Crippen LogP contribution in [-0.4, -0.2) is 42.6 Å². The van der Waals surface area contributed by atoms with E-state index in [9.17, 15) is 9.59 Å². The van der Waals surface area contributed by atoms with Crippen LogP contribution in [0.2, 0.25) is 0 Å². The molecule has 25 heavy (non-hydrogen) atoms. The van der Waals surface area contributed by atoms with E-state index in [1.165, 1.54) is 9.36 Å². The maximum Gasteiger partial charge on any atom is 0.214 e. The molecule has 8 nitrogen and oxygen atoms in total. The molecule has 0 aliphatic heterocycles. The number of para-hydroxylation sites is 2. The number of nitrogens with zero attached hydrogens (tertiary/aromatic N) is 6. The van der Waals surface area contributed by atoms with Gasteiger partial charge in [0.25, 0.3) is 0 Å². The van der Waals surface area contributed by atoms with Gasteiger partial charge in [0.2, 0.25) is 5.66 Å². The van der Waals surface area contributed by atoms with Gasteiger partial charge in [-0.05, 0) is 24.3 Å². The van der Waals surface area contributed by atoms with Crippen LogP contribution in [0, 0.1) is 0 Å². The first-order valence-corrected chi connectivity index (χ1v) is 7.82. The summed E-state index contributed by atoms with van der Waals surface area (Å²) >= 11 is 0. The molecule has 0 saturated heterocycles. The summed E-state index contributed by atoms with van der Waals surface area (Å²) in [5.41, 5.74) is 1.35. The summed E-state index contributed by atoms with van der Waals surface area (Å²) in [7, 11) is 0. The summed E-state index contributed by atoms with van der Waals surface area (Å²) < 4.78 is 3.03. The number of rotatable bonds is 6. The average molecular weight is 334 g/mol. The van der Waals surface area contributed by atoms with E-state index in [1.54, 1.807) is 0 Å². The topological polar surface area (TPSA) is 95.6 Å². The highest BCUT2D eigenvalue weighted by Crippen LogP contribution is 2.28. The van der Waals surface area contributed by atoms with Crippen molar-refractivity contribution in [1.82, 2.24) is 30.0 Å². The standard InChI is InChI=1S/C17H14N6O2/c24-11-5-10-17(12-25,22-15-8-3-1-6-13(15)18-20-22)23-16-9-4-2-7-14(16)19-21-23/h1-4,6-9,11-12H,5,10H2. The molecule has 0 amide bonds. The minimum absolute atomic E-state index is 0.168. The van der Waals surface area contributed by atoms with Gasteiger partial charge in [-0.25, -0.2) is 9.36 Å². The Morgan fingerprint density at radius 1 is 0.840 bits per heavy atom. The van der Waals surface area contributed by atoms with E-state index in [1.807, 2.05) is 48.5 Å². The first-order valence-electron chi connectivity index (χ1n) is 7.82. The molecule has 0 radical (unpaired) electrons. The fourth-order valence-electron chi connectivity index (χ4n) is 3.04. The third-order valence-electron chi connectivity index (χ3n) is 4.26. The largest absolute Gasteiger partial charge is 0.303 e. The molecule has 0 saturated carbocycles. The summed E-state index contributed by atoms with van der Waals surface area (Å²) in [6.45, 7) is 0. The molecule has 2 aromatic heterocycles. The van der Waals surface area contributed by atoms with E-state index in [2.05, 4.69) is 20.6 Å². The fraction of sp³-hybridized carbons (Fsp3) is 0.176. The average Bonchev–Trinajstić information content (AvgIpc) is 3.28. The molecule has 0 atom stereocenters. The van der Waals surface area contributed by atoms with Crippen LogP contribution in [0.4, 0.5) is 0 Å². The molecule has 0 unspecified atom stereocenters. The van der Waals surface area contributed by atoms with E-state index in [0.29, 0.717) is 22.1 Å². The summed E-state index contributed by atoms with van der Waals surface area (Å²) in [5, 5.41) is 16.6. The molecule has 0 spiro atoms. The number of fused-ring (bicyclic) bond motifs is 2. The second-order valence-electron chi connectivity index (χ2n) is 5.68. The predicted octanol–water partition coefficient (Wildman–Crippen LogP) is 1.56. The van der Waals surface area contributed by atoms with Gasteiger partial charge in [-0.15, -0.1) is 10.2 Å². The molecule has 8 heteroatoms. The van der Waals surface area contributed by atoms with Gasteiger partial charge in [-0.1, -0.05) is 34.7 Å². The lowest BCUT2D eigenvalue weighted by atomic mass is 10.1. The lowest BCUT2D eigenvalue weighted by Crippen LogP contribution is -2.44. The summed E-state index contributed by atoms with van der Waals surface area (Å²) in [6, 6.07) is 14.7. The van der Waals surface area contributed by atoms with Gasteiger partial charge in [-0.2, -0.15) is 0 Å². The Hall–Kier alpha value is -3.42. The maximum absolute atomic E-state index is 12.3. The van der Waals surface area contributed by atoms with Crippen LogP contribution < -0.4 is 0 Å². The van der Waals surface area contributed by atoms with E-state index < -0.39 is 5.66 Å². The van der Waals surface area contributed by atoms with Crippen LogP contribution in [0.15, 0.2) is 48.5 Å². The van der Waals surface area contributed by atoms with Crippen molar-refractivity contribution >= 4 is 34.6 Å². The SMILES string of the molecule is O=CCCC(C=O)(n1nnc2ccccc21)n1nnc2ccccc21. The number of hydrogen-bond acceptors (Lipinski definition) is 6. The second-order valence-corrected chi connectivity index (χ2v) is 5.68. The Kier molecular flexibility index (Phi) is 3.57. The van der Waals surface area contributed by atoms with Crippen molar-refractivity contribution in [3.63, 3.8) is 0 Å². The first kappa shape index (κ1) is 15.1. The smallest absolute Gasteiger partial charge is 0.214 e. The van der Waals surface area contributed by atoms with Crippen molar-refractivity contribution in [2.45, 2.75) is 18.5 Å². The van der Waals surface area contributed by atoms with Gasteiger partial charge in [0.15, 0.2) is 6.29 Å². The van der Waals surface area contributed by atoms with Gasteiger partial charge in [-0.3, -0.25) is 4.79 Å². The Morgan fingerprint density at radius 3 is 1.84 bits per heavy atom. The van der Waals surface area contributed by atoms with Crippen LogP contribution in [0.1, 0.15) is 12.8 Å². The molecule has 2 aromatic carbocycles. The van der Waals surface area contributed by atoms with Crippen molar-refractivity contribution < 1.29 is 9.59 Å². The number of aromatic nitrogens is 6. The number of carbonyl (C=O) groups is 2. The summed E-state index contributed by atoms with van der Waals surface area (Å²) in [5.74, 6) is 0. The summed E-state index contributed by atoms with van der Waals surface area (Å²) in [6.07, 6.45) is 1.89. The highest BCUT2D eigenvalue weighted by molar-refractivity contribution is 5.80. The predicted molar refractivity (Wildman–Crippen MR) is 89.8 cm³/mol. The van der Waals surface area contributed by atoms with Gasteiger partial charge >= 0.3 is 0 Å². The second kappa shape index (κ2) is 5.90. The highest BCUT2D eigenvalue weighted by Gasteiger charge is 2.38.